The van der Waals surface area contributed by atoms with E-state index in [9.17, 15) is 13.2 Å². The monoisotopic (exact) mass is 274 g/mol. The standard InChI is InChI=1S/C8H14N6O3S/c9-12-7-3-2-6(13-14-7)8(15)11-4-1-5-18(10,16)17/h2-3H,1,4-5,9H2,(H,11,15)(H,12,14)(H2,10,16,17). The second-order valence-corrected chi connectivity index (χ2v) is 5.16. The molecule has 9 nitrogen and oxygen atoms in total. The van der Waals surface area contributed by atoms with Crippen LogP contribution in [0.15, 0.2) is 12.1 Å². The van der Waals surface area contributed by atoms with Gasteiger partial charge < -0.3 is 10.7 Å². The molecular weight excluding hydrogens is 260 g/mol. The third-order valence-electron chi connectivity index (χ3n) is 1.94. The number of hydrogen-bond donors (Lipinski definition) is 4. The van der Waals surface area contributed by atoms with Crippen molar-refractivity contribution in [2.75, 3.05) is 17.7 Å². The predicted octanol–water partition coefficient (Wildman–Crippen LogP) is -1.83. The van der Waals surface area contributed by atoms with E-state index in [2.05, 4.69) is 20.9 Å². The van der Waals surface area contributed by atoms with E-state index in [0.717, 1.165) is 0 Å². The molecule has 100 valence electrons. The number of aromatic nitrogens is 2. The quantitative estimate of drug-likeness (QED) is 0.270. The Balaban J connectivity index is 2.40. The number of amides is 1. The molecule has 0 aliphatic rings. The van der Waals surface area contributed by atoms with E-state index in [1.165, 1.54) is 12.1 Å². The topological polar surface area (TPSA) is 153 Å². The number of nitrogens with one attached hydrogen (secondary N) is 2. The van der Waals surface area contributed by atoms with Crippen molar-refractivity contribution in [1.82, 2.24) is 15.5 Å². The number of primary sulfonamides is 1. The second kappa shape index (κ2) is 6.23. The lowest BCUT2D eigenvalue weighted by Gasteiger charge is -2.04. The molecule has 0 aliphatic carbocycles. The smallest absolute Gasteiger partial charge is 0.271 e. The molecule has 0 atom stereocenters. The van der Waals surface area contributed by atoms with Crippen LogP contribution in [0.3, 0.4) is 0 Å². The van der Waals surface area contributed by atoms with Crippen molar-refractivity contribution in [3.8, 4) is 0 Å². The van der Waals surface area contributed by atoms with Crippen LogP contribution in [0.1, 0.15) is 16.9 Å². The molecule has 0 unspecified atom stereocenters. The molecule has 0 fully saturated rings. The Kier molecular flexibility index (Phi) is 4.95. The van der Waals surface area contributed by atoms with Gasteiger partial charge in [0, 0.05) is 6.54 Å². The normalized spacial score (nSPS) is 11.0. The molecule has 1 amide bonds. The lowest BCUT2D eigenvalue weighted by Crippen LogP contribution is -2.28. The number of nitrogens with zero attached hydrogens (tertiary/aromatic N) is 2. The van der Waals surface area contributed by atoms with Crippen LogP contribution in [0.4, 0.5) is 5.82 Å². The van der Waals surface area contributed by atoms with Gasteiger partial charge in [-0.3, -0.25) is 4.79 Å². The van der Waals surface area contributed by atoms with Crippen molar-refractivity contribution >= 4 is 21.7 Å². The minimum Gasteiger partial charge on any atom is -0.351 e. The Morgan fingerprint density at radius 3 is 2.56 bits per heavy atom. The summed E-state index contributed by atoms with van der Waals surface area (Å²) in [6.07, 6.45) is 0.237. The summed E-state index contributed by atoms with van der Waals surface area (Å²) >= 11 is 0. The number of anilines is 1. The Morgan fingerprint density at radius 2 is 2.06 bits per heavy atom. The summed E-state index contributed by atoms with van der Waals surface area (Å²) in [7, 11) is -3.50. The fraction of sp³-hybridized carbons (Fsp3) is 0.375. The molecular formula is C8H14N6O3S. The van der Waals surface area contributed by atoms with Gasteiger partial charge in [-0.1, -0.05) is 0 Å². The highest BCUT2D eigenvalue weighted by Gasteiger charge is 2.08. The highest BCUT2D eigenvalue weighted by Crippen LogP contribution is 1.99. The zero-order chi connectivity index (χ0) is 13.6. The van der Waals surface area contributed by atoms with Crippen LogP contribution < -0.4 is 21.7 Å². The third kappa shape index (κ3) is 5.03. The fourth-order valence-electron chi connectivity index (χ4n) is 1.10. The van der Waals surface area contributed by atoms with Crippen LogP contribution in [0.25, 0.3) is 0 Å². The maximum atomic E-state index is 11.5. The van der Waals surface area contributed by atoms with Crippen LogP contribution in [0.5, 0.6) is 0 Å². The molecule has 18 heavy (non-hydrogen) atoms. The van der Waals surface area contributed by atoms with Gasteiger partial charge >= 0.3 is 0 Å². The number of rotatable bonds is 6. The first kappa shape index (κ1) is 14.3. The average molecular weight is 274 g/mol. The molecule has 10 heteroatoms. The van der Waals surface area contributed by atoms with E-state index in [-0.39, 0.29) is 24.4 Å². The van der Waals surface area contributed by atoms with Crippen molar-refractivity contribution in [3.05, 3.63) is 17.8 Å². The molecule has 0 aliphatic heterocycles. The molecule has 0 aromatic carbocycles. The molecule has 1 aromatic rings. The lowest BCUT2D eigenvalue weighted by molar-refractivity contribution is 0.0947. The van der Waals surface area contributed by atoms with E-state index < -0.39 is 15.9 Å². The Bertz CT molecular complexity index is 500. The first-order chi connectivity index (χ1) is 8.42. The number of hydrogen-bond acceptors (Lipinski definition) is 7. The van der Waals surface area contributed by atoms with Crippen LogP contribution in [0.2, 0.25) is 0 Å². The maximum absolute atomic E-state index is 11.5. The molecule has 0 bridgehead atoms. The number of nitrogens with two attached hydrogens (primary N) is 2. The molecule has 1 rings (SSSR count). The number of sulfonamides is 1. The fourth-order valence-corrected chi connectivity index (χ4v) is 1.64. The van der Waals surface area contributed by atoms with Crippen LogP contribution >= 0.6 is 0 Å². The molecule has 0 spiro atoms. The summed E-state index contributed by atoms with van der Waals surface area (Å²) in [5.74, 6) is 4.80. The van der Waals surface area contributed by atoms with E-state index in [1.807, 2.05) is 0 Å². The molecule has 0 saturated heterocycles. The summed E-state index contributed by atoms with van der Waals surface area (Å²) < 4.78 is 21.3. The van der Waals surface area contributed by atoms with E-state index >= 15 is 0 Å². The third-order valence-corrected chi connectivity index (χ3v) is 2.79. The second-order valence-electron chi connectivity index (χ2n) is 3.42. The SMILES string of the molecule is NNc1ccc(C(=O)NCCCS(N)(=O)=O)nn1. The van der Waals surface area contributed by atoms with Crippen molar-refractivity contribution in [1.29, 1.82) is 0 Å². The van der Waals surface area contributed by atoms with Gasteiger partial charge in [0.25, 0.3) is 5.91 Å². The van der Waals surface area contributed by atoms with Gasteiger partial charge in [-0.25, -0.2) is 19.4 Å². The predicted molar refractivity (Wildman–Crippen MR) is 64.8 cm³/mol. The number of hydrazine groups is 1. The molecule has 1 heterocycles. The van der Waals surface area contributed by atoms with Crippen molar-refractivity contribution < 1.29 is 13.2 Å². The maximum Gasteiger partial charge on any atom is 0.271 e. The number of carbonyl (C=O) groups excluding carboxylic acids is 1. The molecule has 0 radical (unpaired) electrons. The van der Waals surface area contributed by atoms with Crippen molar-refractivity contribution in [3.63, 3.8) is 0 Å². The Hall–Kier alpha value is -1.78. The van der Waals surface area contributed by atoms with Gasteiger partial charge in [0.1, 0.15) is 0 Å². The van der Waals surface area contributed by atoms with E-state index in [0.29, 0.717) is 5.82 Å². The van der Waals surface area contributed by atoms with Crippen LogP contribution in [-0.2, 0) is 10.0 Å². The first-order valence-electron chi connectivity index (χ1n) is 5.01. The summed E-state index contributed by atoms with van der Waals surface area (Å²) in [5, 5.41) is 14.6. The van der Waals surface area contributed by atoms with Gasteiger partial charge in [-0.15, -0.1) is 10.2 Å². The highest BCUT2D eigenvalue weighted by atomic mass is 32.2. The van der Waals surface area contributed by atoms with Gasteiger partial charge in [0.15, 0.2) is 11.5 Å². The van der Waals surface area contributed by atoms with E-state index in [1.54, 1.807) is 0 Å². The summed E-state index contributed by atoms with van der Waals surface area (Å²) in [5.41, 5.74) is 2.39. The van der Waals surface area contributed by atoms with Gasteiger partial charge in [-0.2, -0.15) is 0 Å². The summed E-state index contributed by atoms with van der Waals surface area (Å²) in [6.45, 7) is 0.188. The van der Waals surface area contributed by atoms with Crippen molar-refractivity contribution in [2.24, 2.45) is 11.0 Å². The van der Waals surface area contributed by atoms with Gasteiger partial charge in [-0.05, 0) is 18.6 Å². The van der Waals surface area contributed by atoms with Gasteiger partial charge in [0.2, 0.25) is 10.0 Å². The van der Waals surface area contributed by atoms with Crippen LogP contribution in [0, 0.1) is 0 Å². The molecule has 6 N–H and O–H groups in total. The van der Waals surface area contributed by atoms with Crippen LogP contribution in [-0.4, -0.2) is 36.8 Å². The molecule has 1 aromatic heterocycles. The van der Waals surface area contributed by atoms with Crippen molar-refractivity contribution in [2.45, 2.75) is 6.42 Å². The summed E-state index contributed by atoms with van der Waals surface area (Å²) in [4.78, 5) is 11.5. The number of carbonyl (C=O) groups is 1. The Labute approximate surface area is 104 Å². The zero-order valence-electron chi connectivity index (χ0n) is 9.46. The summed E-state index contributed by atoms with van der Waals surface area (Å²) in [6, 6.07) is 2.93. The minimum absolute atomic E-state index is 0.115. The first-order valence-corrected chi connectivity index (χ1v) is 6.73. The minimum atomic E-state index is -3.50. The number of nitrogen functional groups attached to an aromatic ring is 1. The lowest BCUT2D eigenvalue weighted by atomic mass is 10.3. The van der Waals surface area contributed by atoms with E-state index in [4.69, 9.17) is 11.0 Å². The Morgan fingerprint density at radius 1 is 1.33 bits per heavy atom. The zero-order valence-corrected chi connectivity index (χ0v) is 10.3. The van der Waals surface area contributed by atoms with Gasteiger partial charge in [0.05, 0.1) is 5.75 Å². The highest BCUT2D eigenvalue weighted by molar-refractivity contribution is 7.89. The largest absolute Gasteiger partial charge is 0.351 e. The molecule has 0 saturated carbocycles. The average Bonchev–Trinajstić information content (AvgIpc) is 2.33.